The number of fused-ring (bicyclic) bond motifs is 1. The number of imidazole rings is 2. The largest absolute Gasteiger partial charge is 0.367 e. The van der Waals surface area contributed by atoms with E-state index in [1.807, 2.05) is 11.5 Å². The van der Waals surface area contributed by atoms with E-state index in [1.54, 1.807) is 6.33 Å². The molecule has 1 fully saturated rings. The number of nitrogens with one attached hydrogen (secondary N) is 2. The normalized spacial score (nSPS) is 15.3. The lowest BCUT2D eigenvalue weighted by Gasteiger charge is -2.36. The summed E-state index contributed by atoms with van der Waals surface area (Å²) >= 11 is 0. The van der Waals surface area contributed by atoms with Crippen molar-refractivity contribution in [3.05, 3.63) is 65.7 Å². The van der Waals surface area contributed by atoms with Gasteiger partial charge < -0.3 is 14.5 Å². The lowest BCUT2D eigenvalue weighted by molar-refractivity contribution is 0.247. The molecule has 0 saturated carbocycles. The molecule has 1 aliphatic rings. The Kier molecular flexibility index (Phi) is 8.24. The van der Waals surface area contributed by atoms with Crippen LogP contribution in [0, 0.1) is 6.92 Å². The quantitative estimate of drug-likeness (QED) is 0.314. The van der Waals surface area contributed by atoms with Gasteiger partial charge in [0.2, 0.25) is 0 Å². The number of hydrogen-bond donors (Lipinski definition) is 2. The van der Waals surface area contributed by atoms with Crippen molar-refractivity contribution in [1.29, 1.82) is 0 Å². The van der Waals surface area contributed by atoms with Gasteiger partial charge in [-0.05, 0) is 30.0 Å². The number of rotatable bonds is 9. The van der Waals surface area contributed by atoms with Crippen LogP contribution in [0.2, 0.25) is 0 Å². The SMILES string of the molecule is Cc1c(CN2CCN(c3cccc4[nH]c(-c5ccc(C(C)(C)C)cc5)nc34)CC2)ncn1CCNS(=O)(=O)N(C)C. The maximum atomic E-state index is 12.0. The minimum absolute atomic E-state index is 0.120. The van der Waals surface area contributed by atoms with Crippen molar-refractivity contribution < 1.29 is 8.42 Å². The van der Waals surface area contributed by atoms with Crippen LogP contribution in [0.25, 0.3) is 22.4 Å². The summed E-state index contributed by atoms with van der Waals surface area (Å²) in [4.78, 5) is 18.0. The highest BCUT2D eigenvalue weighted by Crippen LogP contribution is 2.30. The van der Waals surface area contributed by atoms with Crippen LogP contribution in [0.3, 0.4) is 0 Å². The van der Waals surface area contributed by atoms with Gasteiger partial charge in [0.15, 0.2) is 0 Å². The number of para-hydroxylation sites is 1. The predicted molar refractivity (Wildman–Crippen MR) is 165 cm³/mol. The predicted octanol–water partition coefficient (Wildman–Crippen LogP) is 3.75. The number of piperazine rings is 1. The van der Waals surface area contributed by atoms with Crippen LogP contribution in [-0.4, -0.2) is 84.0 Å². The molecule has 4 aromatic rings. The van der Waals surface area contributed by atoms with Crippen LogP contribution in [0.15, 0.2) is 48.8 Å². The summed E-state index contributed by atoms with van der Waals surface area (Å²) < 4.78 is 29.7. The van der Waals surface area contributed by atoms with Gasteiger partial charge >= 0.3 is 0 Å². The second-order valence-electron chi connectivity index (χ2n) is 12.0. The summed E-state index contributed by atoms with van der Waals surface area (Å²) in [6.07, 6.45) is 1.80. The minimum atomic E-state index is -3.43. The number of aromatic amines is 1. The molecule has 0 unspecified atom stereocenters. The number of H-pyrrole nitrogens is 1. The van der Waals surface area contributed by atoms with Gasteiger partial charge in [0.25, 0.3) is 10.2 Å². The minimum Gasteiger partial charge on any atom is -0.367 e. The van der Waals surface area contributed by atoms with Crippen LogP contribution in [0.4, 0.5) is 5.69 Å². The zero-order valence-corrected chi connectivity index (χ0v) is 25.8. The van der Waals surface area contributed by atoms with E-state index in [0.29, 0.717) is 13.1 Å². The highest BCUT2D eigenvalue weighted by molar-refractivity contribution is 7.87. The molecular weight excluding hydrogens is 536 g/mol. The van der Waals surface area contributed by atoms with Gasteiger partial charge in [-0.25, -0.2) is 14.7 Å². The van der Waals surface area contributed by atoms with Crippen molar-refractivity contribution in [3.63, 3.8) is 0 Å². The Morgan fingerprint density at radius 3 is 2.39 bits per heavy atom. The molecule has 0 amide bonds. The highest BCUT2D eigenvalue weighted by atomic mass is 32.2. The maximum absolute atomic E-state index is 12.0. The van der Waals surface area contributed by atoms with Gasteiger partial charge in [-0.3, -0.25) is 4.90 Å². The molecule has 11 heteroatoms. The molecule has 5 rings (SSSR count). The van der Waals surface area contributed by atoms with E-state index in [2.05, 4.69) is 87.7 Å². The summed E-state index contributed by atoms with van der Waals surface area (Å²) in [6, 6.07) is 15.1. The molecule has 2 N–H and O–H groups in total. The molecule has 2 aromatic carbocycles. The molecule has 10 nitrogen and oxygen atoms in total. The van der Waals surface area contributed by atoms with Crippen molar-refractivity contribution in [2.75, 3.05) is 51.7 Å². The van der Waals surface area contributed by atoms with Gasteiger partial charge in [0, 0.05) is 71.2 Å². The average molecular weight is 579 g/mol. The Hall–Kier alpha value is -3.25. The van der Waals surface area contributed by atoms with E-state index in [4.69, 9.17) is 4.98 Å². The molecule has 0 aliphatic carbocycles. The van der Waals surface area contributed by atoms with E-state index in [9.17, 15) is 8.42 Å². The zero-order valence-electron chi connectivity index (χ0n) is 25.0. The number of nitrogens with zero attached hydrogens (tertiary/aromatic N) is 6. The van der Waals surface area contributed by atoms with Crippen molar-refractivity contribution >= 4 is 26.9 Å². The Morgan fingerprint density at radius 2 is 1.73 bits per heavy atom. The average Bonchev–Trinajstić information content (AvgIpc) is 3.52. The summed E-state index contributed by atoms with van der Waals surface area (Å²) in [7, 11) is -0.397. The van der Waals surface area contributed by atoms with Gasteiger partial charge in [-0.2, -0.15) is 12.7 Å². The standard InChI is InChI=1S/C30H42N8O2S/c1-22-26(31-21-38(22)15-14-32-41(39,40)35(5)6)20-36-16-18-37(19-17-36)27-9-7-8-25-28(27)34-29(33-25)23-10-12-24(13-11-23)30(2,3)4/h7-13,21,32H,14-20H2,1-6H3,(H,33,34). The van der Waals surface area contributed by atoms with E-state index < -0.39 is 10.2 Å². The van der Waals surface area contributed by atoms with Crippen molar-refractivity contribution in [1.82, 2.24) is 33.4 Å². The van der Waals surface area contributed by atoms with Crippen LogP contribution < -0.4 is 9.62 Å². The highest BCUT2D eigenvalue weighted by Gasteiger charge is 2.22. The number of benzene rings is 2. The Bertz CT molecular complexity index is 1590. The van der Waals surface area contributed by atoms with Crippen LogP contribution in [0.1, 0.15) is 37.7 Å². The fourth-order valence-electron chi connectivity index (χ4n) is 5.19. The second-order valence-corrected chi connectivity index (χ2v) is 14.0. The fraction of sp³-hybridized carbons (Fsp3) is 0.467. The first-order valence-electron chi connectivity index (χ1n) is 14.2. The third-order valence-electron chi connectivity index (χ3n) is 7.92. The third-order valence-corrected chi connectivity index (χ3v) is 9.45. The smallest absolute Gasteiger partial charge is 0.278 e. The summed E-state index contributed by atoms with van der Waals surface area (Å²) in [5, 5.41) is 0. The van der Waals surface area contributed by atoms with Gasteiger partial charge in [-0.1, -0.05) is 51.1 Å². The van der Waals surface area contributed by atoms with Crippen LogP contribution in [-0.2, 0) is 28.7 Å². The van der Waals surface area contributed by atoms with E-state index in [0.717, 1.165) is 72.2 Å². The number of aromatic nitrogens is 4. The van der Waals surface area contributed by atoms with Crippen LogP contribution >= 0.6 is 0 Å². The molecule has 1 saturated heterocycles. The van der Waals surface area contributed by atoms with Crippen molar-refractivity contribution in [3.8, 4) is 11.4 Å². The van der Waals surface area contributed by atoms with Gasteiger partial charge in [-0.15, -0.1) is 0 Å². The lowest BCUT2D eigenvalue weighted by atomic mass is 9.87. The first kappa shape index (κ1) is 29.2. The number of hydrogen-bond acceptors (Lipinski definition) is 6. The first-order chi connectivity index (χ1) is 19.4. The van der Waals surface area contributed by atoms with E-state index in [1.165, 1.54) is 24.0 Å². The van der Waals surface area contributed by atoms with Crippen LogP contribution in [0.5, 0.6) is 0 Å². The first-order valence-corrected chi connectivity index (χ1v) is 15.6. The summed E-state index contributed by atoms with van der Waals surface area (Å²) in [6.45, 7) is 14.0. The maximum Gasteiger partial charge on any atom is 0.278 e. The summed E-state index contributed by atoms with van der Waals surface area (Å²) in [5.41, 5.74) is 7.85. The molecule has 1 aliphatic heterocycles. The molecule has 41 heavy (non-hydrogen) atoms. The fourth-order valence-corrected chi connectivity index (χ4v) is 5.79. The Labute approximate surface area is 243 Å². The molecule has 220 valence electrons. The second kappa shape index (κ2) is 11.6. The zero-order chi connectivity index (χ0) is 29.4. The molecule has 2 aromatic heterocycles. The third kappa shape index (κ3) is 6.48. The van der Waals surface area contributed by atoms with E-state index >= 15 is 0 Å². The molecule has 3 heterocycles. The molecule has 0 atom stereocenters. The number of anilines is 1. The van der Waals surface area contributed by atoms with Gasteiger partial charge in [0.1, 0.15) is 11.3 Å². The Balaban J connectivity index is 1.21. The van der Waals surface area contributed by atoms with Crippen molar-refractivity contribution in [2.45, 2.75) is 46.2 Å². The summed E-state index contributed by atoms with van der Waals surface area (Å²) in [5.74, 6) is 0.895. The molecule has 0 radical (unpaired) electrons. The van der Waals surface area contributed by atoms with Crippen molar-refractivity contribution in [2.24, 2.45) is 0 Å². The van der Waals surface area contributed by atoms with Gasteiger partial charge in [0.05, 0.1) is 23.2 Å². The van der Waals surface area contributed by atoms with E-state index in [-0.39, 0.29) is 5.41 Å². The monoisotopic (exact) mass is 578 g/mol. The molecular formula is C30H42N8O2S. The lowest BCUT2D eigenvalue weighted by Crippen LogP contribution is -2.46. The molecule has 0 spiro atoms. The molecule has 0 bridgehead atoms. The Morgan fingerprint density at radius 1 is 1.02 bits per heavy atom. The topological polar surface area (TPSA) is 102 Å².